The first-order valence-electron chi connectivity index (χ1n) is 7.36. The molecule has 0 fully saturated rings. The second kappa shape index (κ2) is 9.11. The number of nitrogens with zero attached hydrogens (tertiary/aromatic N) is 1. The van der Waals surface area contributed by atoms with Crippen LogP contribution in [0.3, 0.4) is 0 Å². The molecular formula is C19H23NO. The SMILES string of the molecule is CN(CCOC/C=C/c1ccccc1)Cc1ccccc1. The van der Waals surface area contributed by atoms with Crippen LogP contribution in [0.5, 0.6) is 0 Å². The van der Waals surface area contributed by atoms with Crippen molar-refractivity contribution in [2.24, 2.45) is 0 Å². The zero-order valence-corrected chi connectivity index (χ0v) is 12.6. The zero-order chi connectivity index (χ0) is 14.8. The number of hydrogen-bond acceptors (Lipinski definition) is 2. The van der Waals surface area contributed by atoms with Gasteiger partial charge in [0.1, 0.15) is 0 Å². The molecule has 0 amide bonds. The lowest BCUT2D eigenvalue weighted by Crippen LogP contribution is -2.22. The standard InChI is InChI=1S/C19H23NO/c1-20(17-19-11-6-3-7-12-19)14-16-21-15-8-13-18-9-4-2-5-10-18/h2-13H,14-17H2,1H3/b13-8+. The summed E-state index contributed by atoms with van der Waals surface area (Å²) in [5.74, 6) is 0. The summed E-state index contributed by atoms with van der Waals surface area (Å²) in [6.07, 6.45) is 4.15. The van der Waals surface area contributed by atoms with Crippen LogP contribution in [-0.4, -0.2) is 31.7 Å². The van der Waals surface area contributed by atoms with E-state index in [2.05, 4.69) is 60.5 Å². The van der Waals surface area contributed by atoms with Crippen molar-refractivity contribution < 1.29 is 4.74 Å². The van der Waals surface area contributed by atoms with Gasteiger partial charge in [0.2, 0.25) is 0 Å². The summed E-state index contributed by atoms with van der Waals surface area (Å²) < 4.78 is 5.64. The fourth-order valence-corrected chi connectivity index (χ4v) is 2.09. The Morgan fingerprint density at radius 2 is 1.62 bits per heavy atom. The van der Waals surface area contributed by atoms with Gasteiger partial charge in [-0.05, 0) is 18.2 Å². The van der Waals surface area contributed by atoms with Crippen LogP contribution in [0, 0.1) is 0 Å². The van der Waals surface area contributed by atoms with Crippen LogP contribution >= 0.6 is 0 Å². The van der Waals surface area contributed by atoms with E-state index >= 15 is 0 Å². The number of rotatable bonds is 8. The van der Waals surface area contributed by atoms with Crippen LogP contribution in [0.1, 0.15) is 11.1 Å². The molecule has 0 saturated heterocycles. The van der Waals surface area contributed by atoms with E-state index in [0.29, 0.717) is 6.61 Å². The van der Waals surface area contributed by atoms with E-state index in [1.165, 1.54) is 11.1 Å². The lowest BCUT2D eigenvalue weighted by molar-refractivity contribution is 0.132. The van der Waals surface area contributed by atoms with E-state index in [1.807, 2.05) is 24.3 Å². The Kier molecular flexibility index (Phi) is 6.72. The second-order valence-electron chi connectivity index (χ2n) is 5.11. The second-order valence-corrected chi connectivity index (χ2v) is 5.11. The highest BCUT2D eigenvalue weighted by Crippen LogP contribution is 2.02. The summed E-state index contributed by atoms with van der Waals surface area (Å²) in [7, 11) is 2.12. The maximum Gasteiger partial charge on any atom is 0.0651 e. The zero-order valence-electron chi connectivity index (χ0n) is 12.6. The summed E-state index contributed by atoms with van der Waals surface area (Å²) >= 11 is 0. The summed E-state index contributed by atoms with van der Waals surface area (Å²) in [6.45, 7) is 3.31. The quantitative estimate of drug-likeness (QED) is 0.681. The molecular weight excluding hydrogens is 258 g/mol. The molecule has 0 aliphatic heterocycles. The van der Waals surface area contributed by atoms with Crippen molar-refractivity contribution in [2.75, 3.05) is 26.8 Å². The van der Waals surface area contributed by atoms with Gasteiger partial charge in [-0.3, -0.25) is 4.90 Å². The number of hydrogen-bond donors (Lipinski definition) is 0. The molecule has 21 heavy (non-hydrogen) atoms. The third-order valence-corrected chi connectivity index (χ3v) is 3.24. The first-order chi connectivity index (χ1) is 10.3. The highest BCUT2D eigenvalue weighted by molar-refractivity contribution is 5.48. The van der Waals surface area contributed by atoms with E-state index in [9.17, 15) is 0 Å². The van der Waals surface area contributed by atoms with Crippen molar-refractivity contribution in [1.82, 2.24) is 4.90 Å². The van der Waals surface area contributed by atoms with Gasteiger partial charge in [0.05, 0.1) is 13.2 Å². The van der Waals surface area contributed by atoms with Crippen LogP contribution in [0.15, 0.2) is 66.7 Å². The van der Waals surface area contributed by atoms with E-state index in [-0.39, 0.29) is 0 Å². The molecule has 0 atom stereocenters. The molecule has 0 aliphatic carbocycles. The molecule has 2 rings (SSSR count). The van der Waals surface area contributed by atoms with Gasteiger partial charge in [-0.2, -0.15) is 0 Å². The maximum absolute atomic E-state index is 5.64. The minimum Gasteiger partial charge on any atom is -0.376 e. The molecule has 0 aliphatic rings. The number of ether oxygens (including phenoxy) is 1. The molecule has 2 aromatic carbocycles. The average Bonchev–Trinajstić information content (AvgIpc) is 2.53. The minimum atomic E-state index is 0.661. The molecule has 0 aromatic heterocycles. The van der Waals surface area contributed by atoms with Crippen LogP contribution in [0.2, 0.25) is 0 Å². The van der Waals surface area contributed by atoms with Crippen molar-refractivity contribution in [3.8, 4) is 0 Å². The molecule has 0 spiro atoms. The van der Waals surface area contributed by atoms with Gasteiger partial charge < -0.3 is 4.74 Å². The molecule has 110 valence electrons. The molecule has 0 heterocycles. The minimum absolute atomic E-state index is 0.661. The monoisotopic (exact) mass is 281 g/mol. The third kappa shape index (κ3) is 6.39. The van der Waals surface area contributed by atoms with Crippen molar-refractivity contribution in [1.29, 1.82) is 0 Å². The van der Waals surface area contributed by atoms with Crippen LogP contribution in [0.4, 0.5) is 0 Å². The van der Waals surface area contributed by atoms with Gasteiger partial charge in [-0.1, -0.05) is 72.8 Å². The van der Waals surface area contributed by atoms with Crippen molar-refractivity contribution in [3.05, 3.63) is 77.9 Å². The van der Waals surface area contributed by atoms with E-state index in [1.54, 1.807) is 0 Å². The summed E-state index contributed by atoms with van der Waals surface area (Å²) in [5.41, 5.74) is 2.55. The van der Waals surface area contributed by atoms with E-state index < -0.39 is 0 Å². The van der Waals surface area contributed by atoms with Crippen LogP contribution < -0.4 is 0 Å². The fourth-order valence-electron chi connectivity index (χ4n) is 2.09. The summed E-state index contributed by atoms with van der Waals surface area (Å²) in [5, 5.41) is 0. The molecule has 2 aromatic rings. The Morgan fingerprint density at radius 1 is 0.952 bits per heavy atom. The molecule has 0 N–H and O–H groups in total. The highest BCUT2D eigenvalue weighted by Gasteiger charge is 1.99. The van der Waals surface area contributed by atoms with Crippen LogP contribution in [-0.2, 0) is 11.3 Å². The third-order valence-electron chi connectivity index (χ3n) is 3.24. The lowest BCUT2D eigenvalue weighted by atomic mass is 10.2. The fraction of sp³-hybridized carbons (Fsp3) is 0.263. The van der Waals surface area contributed by atoms with Gasteiger partial charge >= 0.3 is 0 Å². The summed E-state index contributed by atoms with van der Waals surface area (Å²) in [6, 6.07) is 20.8. The lowest BCUT2D eigenvalue weighted by Gasteiger charge is -2.16. The Morgan fingerprint density at radius 3 is 2.33 bits per heavy atom. The molecule has 0 saturated carbocycles. The van der Waals surface area contributed by atoms with Gasteiger partial charge in [0.15, 0.2) is 0 Å². The van der Waals surface area contributed by atoms with Gasteiger partial charge in [0, 0.05) is 13.1 Å². The van der Waals surface area contributed by atoms with Crippen LogP contribution in [0.25, 0.3) is 6.08 Å². The Bertz CT molecular complexity index is 522. The Balaban J connectivity index is 1.58. The molecule has 0 bridgehead atoms. The average molecular weight is 281 g/mol. The molecule has 0 radical (unpaired) electrons. The van der Waals surface area contributed by atoms with Gasteiger partial charge in [0.25, 0.3) is 0 Å². The number of benzene rings is 2. The molecule has 2 nitrogen and oxygen atoms in total. The van der Waals surface area contributed by atoms with Crippen molar-refractivity contribution >= 4 is 6.08 Å². The number of likely N-dealkylation sites (N-methyl/N-ethyl adjacent to an activating group) is 1. The van der Waals surface area contributed by atoms with Crippen molar-refractivity contribution in [3.63, 3.8) is 0 Å². The summed E-state index contributed by atoms with van der Waals surface area (Å²) in [4.78, 5) is 2.27. The largest absolute Gasteiger partial charge is 0.376 e. The van der Waals surface area contributed by atoms with Gasteiger partial charge in [-0.15, -0.1) is 0 Å². The van der Waals surface area contributed by atoms with E-state index in [0.717, 1.165) is 19.7 Å². The Hall–Kier alpha value is -1.90. The topological polar surface area (TPSA) is 12.5 Å². The first-order valence-corrected chi connectivity index (χ1v) is 7.36. The predicted octanol–water partition coefficient (Wildman–Crippen LogP) is 3.85. The Labute approximate surface area is 127 Å². The highest BCUT2D eigenvalue weighted by atomic mass is 16.5. The first kappa shape index (κ1) is 15.5. The smallest absolute Gasteiger partial charge is 0.0651 e. The maximum atomic E-state index is 5.64. The molecule has 0 unspecified atom stereocenters. The van der Waals surface area contributed by atoms with Crippen molar-refractivity contribution in [2.45, 2.75) is 6.54 Å². The van der Waals surface area contributed by atoms with Gasteiger partial charge in [-0.25, -0.2) is 0 Å². The predicted molar refractivity (Wildman–Crippen MR) is 89.1 cm³/mol. The van der Waals surface area contributed by atoms with E-state index in [4.69, 9.17) is 4.74 Å². The molecule has 2 heteroatoms. The normalized spacial score (nSPS) is 11.3.